The molecule has 2 heterocycles. The molecule has 0 saturated heterocycles. The van der Waals surface area contributed by atoms with Gasteiger partial charge in [0.1, 0.15) is 11.5 Å². The van der Waals surface area contributed by atoms with Crippen LogP contribution >= 0.6 is 11.6 Å². The van der Waals surface area contributed by atoms with Crippen LogP contribution in [0.15, 0.2) is 63.9 Å². The third-order valence-electron chi connectivity index (χ3n) is 5.53. The van der Waals surface area contributed by atoms with Gasteiger partial charge in [-0.25, -0.2) is 9.37 Å². The molecular formula is C26H24ClFN2O4. The molecule has 2 N–H and O–H groups in total. The van der Waals surface area contributed by atoms with Crippen molar-refractivity contribution in [3.05, 3.63) is 92.9 Å². The second-order valence-electron chi connectivity index (χ2n) is 8.81. The van der Waals surface area contributed by atoms with Crippen LogP contribution < -0.4 is 5.56 Å². The summed E-state index contributed by atoms with van der Waals surface area (Å²) in [6.07, 6.45) is 0.226. The van der Waals surface area contributed by atoms with Crippen molar-refractivity contribution in [2.75, 3.05) is 0 Å². The Morgan fingerprint density at radius 3 is 2.24 bits per heavy atom. The van der Waals surface area contributed by atoms with Crippen molar-refractivity contribution >= 4 is 11.6 Å². The lowest BCUT2D eigenvalue weighted by Gasteiger charge is -2.21. The summed E-state index contributed by atoms with van der Waals surface area (Å²) in [7, 11) is 0. The van der Waals surface area contributed by atoms with Gasteiger partial charge < -0.3 is 14.6 Å². The molecule has 4 aromatic rings. The van der Waals surface area contributed by atoms with Crippen molar-refractivity contribution < 1.29 is 19.0 Å². The molecule has 0 aliphatic rings. The Morgan fingerprint density at radius 1 is 1.06 bits per heavy atom. The van der Waals surface area contributed by atoms with E-state index < -0.39 is 17.5 Å². The lowest BCUT2D eigenvalue weighted by molar-refractivity contribution is -0.0617. The van der Waals surface area contributed by atoms with Gasteiger partial charge in [-0.3, -0.25) is 9.36 Å². The number of pyridine rings is 1. The molecule has 0 amide bonds. The van der Waals surface area contributed by atoms with Gasteiger partial charge in [-0.2, -0.15) is 0 Å². The fourth-order valence-electron chi connectivity index (χ4n) is 3.83. The van der Waals surface area contributed by atoms with Crippen molar-refractivity contribution in [1.82, 2.24) is 9.55 Å². The smallest absolute Gasteiger partial charge is 0.255 e. The average molecular weight is 483 g/mol. The van der Waals surface area contributed by atoms with Crippen molar-refractivity contribution in [3.8, 4) is 28.3 Å². The van der Waals surface area contributed by atoms with E-state index in [1.54, 1.807) is 24.4 Å². The Morgan fingerprint density at radius 2 is 1.65 bits per heavy atom. The largest absolute Gasteiger partial charge is 0.437 e. The van der Waals surface area contributed by atoms with Crippen LogP contribution in [0.3, 0.4) is 0 Å². The standard InChI is InChI=1S/C26H24ClFN2O4/c1-14-11-18(27)12-15(2)22(14)30-13-17(7-10-20(30)31)21-23(16-5-8-19(28)9-6-16)34-25(29-21)24(32)26(3,4)33/h5-13,24,32-33H,1-4H3. The van der Waals surface area contributed by atoms with Crippen molar-refractivity contribution in [2.45, 2.75) is 39.4 Å². The van der Waals surface area contributed by atoms with E-state index in [2.05, 4.69) is 4.98 Å². The zero-order valence-electron chi connectivity index (χ0n) is 19.1. The van der Waals surface area contributed by atoms with Gasteiger partial charge in [-0.15, -0.1) is 0 Å². The van der Waals surface area contributed by atoms with E-state index in [0.717, 1.165) is 11.1 Å². The molecule has 2 aromatic carbocycles. The molecule has 6 nitrogen and oxygen atoms in total. The molecule has 0 aliphatic carbocycles. The van der Waals surface area contributed by atoms with Crippen LogP contribution in [-0.2, 0) is 0 Å². The summed E-state index contributed by atoms with van der Waals surface area (Å²) in [6.45, 7) is 6.60. The van der Waals surface area contributed by atoms with E-state index in [-0.39, 0.29) is 17.2 Å². The second kappa shape index (κ2) is 8.83. The molecule has 176 valence electrons. The van der Waals surface area contributed by atoms with Gasteiger partial charge in [0.2, 0.25) is 5.89 Å². The van der Waals surface area contributed by atoms with E-state index in [1.165, 1.54) is 48.7 Å². The van der Waals surface area contributed by atoms with Crippen LogP contribution in [0.2, 0.25) is 5.02 Å². The number of aromatic nitrogens is 2. The number of hydrogen-bond acceptors (Lipinski definition) is 5. The number of nitrogens with zero attached hydrogens (tertiary/aromatic N) is 2. The molecular weight excluding hydrogens is 459 g/mol. The molecule has 0 fully saturated rings. The molecule has 34 heavy (non-hydrogen) atoms. The maximum atomic E-state index is 13.5. The number of aliphatic hydroxyl groups is 2. The highest BCUT2D eigenvalue weighted by Crippen LogP contribution is 2.37. The monoisotopic (exact) mass is 482 g/mol. The Balaban J connectivity index is 1.94. The van der Waals surface area contributed by atoms with Crippen LogP contribution in [0, 0.1) is 19.7 Å². The summed E-state index contributed by atoms with van der Waals surface area (Å²) in [5.74, 6) is -0.240. The molecule has 0 radical (unpaired) electrons. The van der Waals surface area contributed by atoms with Gasteiger partial charge in [-0.1, -0.05) is 11.6 Å². The van der Waals surface area contributed by atoms with Gasteiger partial charge in [-0.05, 0) is 81.3 Å². The Bertz CT molecular complexity index is 1400. The molecule has 2 aromatic heterocycles. The molecule has 0 aliphatic heterocycles. The van der Waals surface area contributed by atoms with Crippen LogP contribution in [0.5, 0.6) is 0 Å². The number of benzene rings is 2. The summed E-state index contributed by atoms with van der Waals surface area (Å²) in [5, 5.41) is 21.4. The van der Waals surface area contributed by atoms with Gasteiger partial charge >= 0.3 is 0 Å². The van der Waals surface area contributed by atoms with E-state index in [9.17, 15) is 19.4 Å². The van der Waals surface area contributed by atoms with Gasteiger partial charge in [0.05, 0.1) is 11.3 Å². The van der Waals surface area contributed by atoms with E-state index in [4.69, 9.17) is 16.0 Å². The van der Waals surface area contributed by atoms with Crippen LogP contribution in [0.1, 0.15) is 37.0 Å². The molecule has 1 atom stereocenters. The highest BCUT2D eigenvalue weighted by molar-refractivity contribution is 6.30. The normalized spacial score (nSPS) is 12.7. The molecule has 1 unspecified atom stereocenters. The topological polar surface area (TPSA) is 88.5 Å². The minimum Gasteiger partial charge on any atom is -0.437 e. The first-order chi connectivity index (χ1) is 16.0. The zero-order valence-corrected chi connectivity index (χ0v) is 19.9. The van der Waals surface area contributed by atoms with E-state index in [0.29, 0.717) is 27.5 Å². The first kappa shape index (κ1) is 23.9. The zero-order chi connectivity index (χ0) is 24.8. The van der Waals surface area contributed by atoms with Gasteiger partial charge in [0.15, 0.2) is 11.9 Å². The first-order valence-electron chi connectivity index (χ1n) is 10.6. The minimum atomic E-state index is -1.52. The fraction of sp³-hybridized carbons (Fsp3) is 0.231. The third kappa shape index (κ3) is 4.55. The van der Waals surface area contributed by atoms with Crippen molar-refractivity contribution in [3.63, 3.8) is 0 Å². The third-order valence-corrected chi connectivity index (χ3v) is 5.75. The van der Waals surface area contributed by atoms with E-state index >= 15 is 0 Å². The molecule has 0 bridgehead atoms. The Labute approximate surface area is 200 Å². The predicted octanol–water partition coefficient (Wildman–Crippen LogP) is 5.37. The lowest BCUT2D eigenvalue weighted by atomic mass is 10.0. The summed E-state index contributed by atoms with van der Waals surface area (Å²) in [6, 6.07) is 12.2. The maximum absolute atomic E-state index is 13.5. The summed E-state index contributed by atoms with van der Waals surface area (Å²) >= 11 is 6.16. The Hall–Kier alpha value is -3.26. The maximum Gasteiger partial charge on any atom is 0.255 e. The van der Waals surface area contributed by atoms with Crippen molar-refractivity contribution in [1.29, 1.82) is 0 Å². The van der Waals surface area contributed by atoms with Gasteiger partial charge in [0.25, 0.3) is 5.56 Å². The quantitative estimate of drug-likeness (QED) is 0.399. The average Bonchev–Trinajstić information content (AvgIpc) is 3.19. The lowest BCUT2D eigenvalue weighted by Crippen LogP contribution is -2.28. The Kier molecular flexibility index (Phi) is 6.20. The van der Waals surface area contributed by atoms with Crippen LogP contribution in [0.4, 0.5) is 4.39 Å². The molecule has 4 rings (SSSR count). The summed E-state index contributed by atoms with van der Waals surface area (Å²) in [5.41, 5.74) is 1.96. The number of halogens is 2. The minimum absolute atomic E-state index is 0.0987. The van der Waals surface area contributed by atoms with E-state index in [1.807, 2.05) is 13.8 Å². The number of oxazole rings is 1. The van der Waals surface area contributed by atoms with Crippen molar-refractivity contribution in [2.24, 2.45) is 0 Å². The molecule has 0 spiro atoms. The highest BCUT2D eigenvalue weighted by atomic mass is 35.5. The summed E-state index contributed by atoms with van der Waals surface area (Å²) < 4.78 is 20.9. The summed E-state index contributed by atoms with van der Waals surface area (Å²) in [4.78, 5) is 17.3. The number of aryl methyl sites for hydroxylation is 2. The molecule has 0 saturated carbocycles. The second-order valence-corrected chi connectivity index (χ2v) is 9.24. The number of rotatable bonds is 5. The van der Waals surface area contributed by atoms with Crippen LogP contribution in [-0.4, -0.2) is 25.4 Å². The first-order valence-corrected chi connectivity index (χ1v) is 11.0. The number of aliphatic hydroxyl groups excluding tert-OH is 1. The fourth-order valence-corrected chi connectivity index (χ4v) is 4.16. The predicted molar refractivity (Wildman–Crippen MR) is 129 cm³/mol. The highest BCUT2D eigenvalue weighted by Gasteiger charge is 2.32. The van der Waals surface area contributed by atoms with Gasteiger partial charge in [0, 0.05) is 28.4 Å². The number of hydrogen-bond donors (Lipinski definition) is 2. The molecule has 8 heteroatoms. The SMILES string of the molecule is Cc1cc(Cl)cc(C)c1-n1cc(-c2nc(C(O)C(C)(C)O)oc2-c2ccc(F)cc2)ccc1=O. The van der Waals surface area contributed by atoms with Crippen LogP contribution in [0.25, 0.3) is 28.3 Å².